The highest BCUT2D eigenvalue weighted by atomic mass is 16.2. The molecular formula is C17H21N3O. The Labute approximate surface area is 125 Å². The van der Waals surface area contributed by atoms with Gasteiger partial charge < -0.3 is 10.6 Å². The quantitative estimate of drug-likeness (QED) is 0.856. The first-order valence-electron chi connectivity index (χ1n) is 7.22. The Morgan fingerprint density at radius 3 is 2.62 bits per heavy atom. The third-order valence-corrected chi connectivity index (χ3v) is 3.24. The Kier molecular flexibility index (Phi) is 5.76. The summed E-state index contributed by atoms with van der Waals surface area (Å²) in [7, 11) is 0. The lowest BCUT2D eigenvalue weighted by atomic mass is 10.1. The molecule has 0 saturated carbocycles. The lowest BCUT2D eigenvalue weighted by molar-refractivity contribution is 0.236. The molecule has 0 aliphatic carbocycles. The van der Waals surface area contributed by atoms with Crippen molar-refractivity contribution in [3.05, 3.63) is 66.0 Å². The number of carbonyl (C=O) groups is 1. The second kappa shape index (κ2) is 8.04. The van der Waals surface area contributed by atoms with Crippen molar-refractivity contribution < 1.29 is 4.79 Å². The largest absolute Gasteiger partial charge is 0.336 e. The van der Waals surface area contributed by atoms with Crippen molar-refractivity contribution in [3.8, 4) is 0 Å². The van der Waals surface area contributed by atoms with Gasteiger partial charge in [0.1, 0.15) is 0 Å². The van der Waals surface area contributed by atoms with E-state index in [-0.39, 0.29) is 12.1 Å². The Morgan fingerprint density at radius 2 is 1.90 bits per heavy atom. The molecule has 1 heterocycles. The van der Waals surface area contributed by atoms with Crippen molar-refractivity contribution in [1.82, 2.24) is 15.6 Å². The minimum Gasteiger partial charge on any atom is -0.336 e. The summed E-state index contributed by atoms with van der Waals surface area (Å²) >= 11 is 0. The number of nitrogens with one attached hydrogen (secondary N) is 2. The van der Waals surface area contributed by atoms with Gasteiger partial charge in [0.25, 0.3) is 0 Å². The van der Waals surface area contributed by atoms with Gasteiger partial charge in [0, 0.05) is 12.2 Å². The number of urea groups is 1. The van der Waals surface area contributed by atoms with Gasteiger partial charge in [0.2, 0.25) is 0 Å². The number of pyridine rings is 1. The minimum atomic E-state index is -0.152. The molecule has 2 amide bonds. The molecule has 0 spiro atoms. The van der Waals surface area contributed by atoms with Crippen LogP contribution < -0.4 is 10.6 Å². The maximum Gasteiger partial charge on any atom is 0.315 e. The minimum absolute atomic E-state index is 0.133. The number of aromatic nitrogens is 1. The standard InChI is InChI=1S/C17H21N3O/c1-14(10-11-15-7-3-2-4-8-15)20-17(21)19-13-16-9-5-6-12-18-16/h2-9,12,14H,10-11,13H2,1H3,(H2,19,20,21)/t14-/m1/s1. The average molecular weight is 283 g/mol. The first-order chi connectivity index (χ1) is 10.2. The van der Waals surface area contributed by atoms with Crippen molar-refractivity contribution >= 4 is 6.03 Å². The summed E-state index contributed by atoms with van der Waals surface area (Å²) in [5.74, 6) is 0. The molecule has 0 fully saturated rings. The number of rotatable bonds is 6. The van der Waals surface area contributed by atoms with Crippen LogP contribution in [0.15, 0.2) is 54.7 Å². The van der Waals surface area contributed by atoms with Gasteiger partial charge in [-0.2, -0.15) is 0 Å². The summed E-state index contributed by atoms with van der Waals surface area (Å²) < 4.78 is 0. The van der Waals surface area contributed by atoms with Crippen molar-refractivity contribution in [3.63, 3.8) is 0 Å². The number of aryl methyl sites for hydroxylation is 1. The molecule has 0 unspecified atom stereocenters. The SMILES string of the molecule is C[C@H](CCc1ccccc1)NC(=O)NCc1ccccn1. The lowest BCUT2D eigenvalue weighted by Crippen LogP contribution is -2.40. The van der Waals surface area contributed by atoms with E-state index in [1.54, 1.807) is 6.20 Å². The number of hydrogen-bond donors (Lipinski definition) is 2. The zero-order chi connectivity index (χ0) is 14.9. The summed E-state index contributed by atoms with van der Waals surface area (Å²) in [5, 5.41) is 5.76. The summed E-state index contributed by atoms with van der Waals surface area (Å²) in [4.78, 5) is 16.0. The summed E-state index contributed by atoms with van der Waals surface area (Å²) in [5.41, 5.74) is 2.14. The lowest BCUT2D eigenvalue weighted by Gasteiger charge is -2.14. The van der Waals surface area contributed by atoms with Gasteiger partial charge >= 0.3 is 6.03 Å². The molecule has 0 radical (unpaired) electrons. The summed E-state index contributed by atoms with van der Waals surface area (Å²) in [6.45, 7) is 2.46. The van der Waals surface area contributed by atoms with E-state index in [9.17, 15) is 4.79 Å². The van der Waals surface area contributed by atoms with Gasteiger partial charge in [-0.05, 0) is 37.5 Å². The highest BCUT2D eigenvalue weighted by Gasteiger charge is 2.07. The van der Waals surface area contributed by atoms with Gasteiger partial charge in [-0.15, -0.1) is 0 Å². The number of hydrogen-bond acceptors (Lipinski definition) is 2. The average Bonchev–Trinajstić information content (AvgIpc) is 2.53. The number of benzene rings is 1. The molecule has 0 aliphatic heterocycles. The van der Waals surface area contributed by atoms with Crippen LogP contribution in [0.2, 0.25) is 0 Å². The van der Waals surface area contributed by atoms with Crippen LogP contribution in [0, 0.1) is 0 Å². The monoisotopic (exact) mass is 283 g/mol. The molecule has 1 atom stereocenters. The van der Waals surface area contributed by atoms with E-state index < -0.39 is 0 Å². The highest BCUT2D eigenvalue weighted by molar-refractivity contribution is 5.74. The highest BCUT2D eigenvalue weighted by Crippen LogP contribution is 2.04. The Hall–Kier alpha value is -2.36. The van der Waals surface area contributed by atoms with E-state index >= 15 is 0 Å². The van der Waals surface area contributed by atoms with Crippen LogP contribution in [0.25, 0.3) is 0 Å². The molecule has 0 aliphatic rings. The van der Waals surface area contributed by atoms with Gasteiger partial charge in [0.05, 0.1) is 12.2 Å². The Balaban J connectivity index is 1.67. The normalized spacial score (nSPS) is 11.7. The molecule has 2 aromatic rings. The van der Waals surface area contributed by atoms with Gasteiger partial charge in [0.15, 0.2) is 0 Å². The fourth-order valence-electron chi connectivity index (χ4n) is 2.05. The van der Waals surface area contributed by atoms with Crippen LogP contribution in [-0.4, -0.2) is 17.1 Å². The van der Waals surface area contributed by atoms with Crippen LogP contribution in [-0.2, 0) is 13.0 Å². The molecule has 0 bridgehead atoms. The molecular weight excluding hydrogens is 262 g/mol. The molecule has 1 aromatic heterocycles. The third-order valence-electron chi connectivity index (χ3n) is 3.24. The van der Waals surface area contributed by atoms with Crippen molar-refractivity contribution in [2.45, 2.75) is 32.4 Å². The molecule has 110 valence electrons. The first kappa shape index (κ1) is 15.0. The number of carbonyl (C=O) groups excluding carboxylic acids is 1. The van der Waals surface area contributed by atoms with Crippen molar-refractivity contribution in [1.29, 1.82) is 0 Å². The van der Waals surface area contributed by atoms with Crippen LogP contribution in [0.3, 0.4) is 0 Å². The van der Waals surface area contributed by atoms with Crippen molar-refractivity contribution in [2.75, 3.05) is 0 Å². The molecule has 2 rings (SSSR count). The second-order valence-electron chi connectivity index (χ2n) is 5.07. The first-order valence-corrected chi connectivity index (χ1v) is 7.22. The molecule has 1 aromatic carbocycles. The van der Waals surface area contributed by atoms with Crippen LogP contribution in [0.1, 0.15) is 24.6 Å². The van der Waals surface area contributed by atoms with Gasteiger partial charge in [-0.3, -0.25) is 4.98 Å². The smallest absolute Gasteiger partial charge is 0.315 e. The maximum absolute atomic E-state index is 11.8. The second-order valence-corrected chi connectivity index (χ2v) is 5.07. The predicted octanol–water partition coefficient (Wildman–Crippen LogP) is 2.90. The van der Waals surface area contributed by atoms with Gasteiger partial charge in [-0.1, -0.05) is 36.4 Å². The zero-order valence-electron chi connectivity index (χ0n) is 12.3. The molecule has 2 N–H and O–H groups in total. The summed E-state index contributed by atoms with van der Waals surface area (Å²) in [6.07, 6.45) is 3.60. The van der Waals surface area contributed by atoms with E-state index in [0.717, 1.165) is 18.5 Å². The predicted molar refractivity (Wildman–Crippen MR) is 83.8 cm³/mol. The maximum atomic E-state index is 11.8. The molecule has 4 nitrogen and oxygen atoms in total. The Morgan fingerprint density at radius 1 is 1.14 bits per heavy atom. The van der Waals surface area contributed by atoms with Crippen LogP contribution in [0.4, 0.5) is 4.79 Å². The van der Waals surface area contributed by atoms with E-state index in [2.05, 4.69) is 27.8 Å². The third kappa shape index (κ3) is 5.65. The number of nitrogens with zero attached hydrogens (tertiary/aromatic N) is 1. The Bertz CT molecular complexity index is 542. The number of amides is 2. The van der Waals surface area contributed by atoms with E-state index in [1.807, 2.05) is 43.3 Å². The summed E-state index contributed by atoms with van der Waals surface area (Å²) in [6, 6.07) is 15.9. The molecule has 0 saturated heterocycles. The van der Waals surface area contributed by atoms with E-state index in [1.165, 1.54) is 5.56 Å². The zero-order valence-corrected chi connectivity index (χ0v) is 12.3. The van der Waals surface area contributed by atoms with E-state index in [0.29, 0.717) is 6.54 Å². The van der Waals surface area contributed by atoms with Crippen LogP contribution in [0.5, 0.6) is 0 Å². The van der Waals surface area contributed by atoms with Gasteiger partial charge in [-0.25, -0.2) is 4.79 Å². The fourth-order valence-corrected chi connectivity index (χ4v) is 2.05. The fraction of sp³-hybridized carbons (Fsp3) is 0.294. The van der Waals surface area contributed by atoms with Crippen molar-refractivity contribution in [2.24, 2.45) is 0 Å². The topological polar surface area (TPSA) is 54.0 Å². The van der Waals surface area contributed by atoms with Crippen LogP contribution >= 0.6 is 0 Å². The van der Waals surface area contributed by atoms with E-state index in [4.69, 9.17) is 0 Å². The molecule has 21 heavy (non-hydrogen) atoms. The molecule has 4 heteroatoms.